The summed E-state index contributed by atoms with van der Waals surface area (Å²) < 4.78 is 27.0. The number of Topliss-reactive ketones (excluding diaryl/α,β-unsaturated/α-hetero) is 1. The zero-order valence-corrected chi connectivity index (χ0v) is 12.8. The number of carbonyl (C=O) groups is 1. The molecule has 19 heavy (non-hydrogen) atoms. The van der Waals surface area contributed by atoms with Gasteiger partial charge in [-0.1, -0.05) is 40.9 Å². The molecule has 104 valence electrons. The molecule has 1 fully saturated rings. The Morgan fingerprint density at radius 3 is 2.32 bits per heavy atom. The van der Waals surface area contributed by atoms with Crippen molar-refractivity contribution in [2.75, 3.05) is 5.33 Å². The SMILES string of the molecule is O=C(CBr)c1ccc(S(=O)(=O)NC2CCCC2)cc1. The van der Waals surface area contributed by atoms with Crippen LogP contribution in [0.4, 0.5) is 0 Å². The highest BCUT2D eigenvalue weighted by Gasteiger charge is 2.22. The van der Waals surface area contributed by atoms with Gasteiger partial charge in [0.2, 0.25) is 10.0 Å². The molecule has 0 aliphatic heterocycles. The van der Waals surface area contributed by atoms with Crippen LogP contribution in [0.5, 0.6) is 0 Å². The Balaban J connectivity index is 2.14. The molecule has 6 heteroatoms. The van der Waals surface area contributed by atoms with E-state index in [2.05, 4.69) is 20.7 Å². The number of halogens is 1. The van der Waals surface area contributed by atoms with E-state index in [4.69, 9.17) is 0 Å². The summed E-state index contributed by atoms with van der Waals surface area (Å²) in [6.45, 7) is 0. The van der Waals surface area contributed by atoms with Crippen LogP contribution in [0, 0.1) is 0 Å². The number of sulfonamides is 1. The predicted molar refractivity (Wildman–Crippen MR) is 77.1 cm³/mol. The number of rotatable bonds is 5. The zero-order valence-electron chi connectivity index (χ0n) is 10.4. The fourth-order valence-corrected chi connectivity index (χ4v) is 3.86. The van der Waals surface area contributed by atoms with Crippen LogP contribution in [-0.4, -0.2) is 25.6 Å². The van der Waals surface area contributed by atoms with Gasteiger partial charge < -0.3 is 0 Å². The van der Waals surface area contributed by atoms with Gasteiger partial charge in [0.1, 0.15) is 0 Å². The molecular weight excluding hydrogens is 330 g/mol. The molecule has 1 aliphatic carbocycles. The number of hydrogen-bond acceptors (Lipinski definition) is 3. The Kier molecular flexibility index (Phi) is 4.76. The fraction of sp³-hybridized carbons (Fsp3) is 0.462. The van der Waals surface area contributed by atoms with Crippen LogP contribution in [0.15, 0.2) is 29.2 Å². The quantitative estimate of drug-likeness (QED) is 0.658. The highest BCUT2D eigenvalue weighted by molar-refractivity contribution is 9.09. The van der Waals surface area contributed by atoms with Crippen LogP contribution in [0.1, 0.15) is 36.0 Å². The maximum absolute atomic E-state index is 12.1. The van der Waals surface area contributed by atoms with Crippen molar-refractivity contribution in [2.24, 2.45) is 0 Å². The van der Waals surface area contributed by atoms with Crippen LogP contribution >= 0.6 is 15.9 Å². The smallest absolute Gasteiger partial charge is 0.240 e. The minimum absolute atomic E-state index is 0.0499. The van der Waals surface area contributed by atoms with Gasteiger partial charge in [0.25, 0.3) is 0 Å². The van der Waals surface area contributed by atoms with Gasteiger partial charge in [-0.2, -0.15) is 0 Å². The Morgan fingerprint density at radius 1 is 1.21 bits per heavy atom. The first-order valence-electron chi connectivity index (χ1n) is 6.24. The van der Waals surface area contributed by atoms with Gasteiger partial charge in [-0.3, -0.25) is 4.79 Å². The highest BCUT2D eigenvalue weighted by atomic mass is 79.9. The molecule has 1 aliphatic rings. The molecule has 0 spiro atoms. The first-order chi connectivity index (χ1) is 9.03. The van der Waals surface area contributed by atoms with Crippen molar-refractivity contribution in [3.8, 4) is 0 Å². The molecule has 1 N–H and O–H groups in total. The summed E-state index contributed by atoms with van der Waals surface area (Å²) in [5, 5.41) is 0.236. The van der Waals surface area contributed by atoms with E-state index in [0.717, 1.165) is 25.7 Å². The number of benzene rings is 1. The van der Waals surface area contributed by atoms with Gasteiger partial charge in [0, 0.05) is 11.6 Å². The molecule has 0 bridgehead atoms. The number of alkyl halides is 1. The number of carbonyl (C=O) groups excluding carboxylic acids is 1. The van der Waals surface area contributed by atoms with Gasteiger partial charge in [-0.05, 0) is 25.0 Å². The molecule has 0 saturated heterocycles. The lowest BCUT2D eigenvalue weighted by molar-refractivity contribution is 0.102. The van der Waals surface area contributed by atoms with E-state index in [-0.39, 0.29) is 22.1 Å². The topological polar surface area (TPSA) is 63.2 Å². The number of hydrogen-bond donors (Lipinski definition) is 1. The standard InChI is InChI=1S/C13H16BrNO3S/c14-9-13(16)10-5-7-12(8-6-10)19(17,18)15-11-3-1-2-4-11/h5-8,11,15H,1-4,9H2. The van der Waals surface area contributed by atoms with Crippen LogP contribution in [-0.2, 0) is 10.0 Å². The van der Waals surface area contributed by atoms with E-state index in [0.29, 0.717) is 5.56 Å². The summed E-state index contributed by atoms with van der Waals surface area (Å²) in [5.74, 6) is -0.0623. The second-order valence-corrected chi connectivity index (χ2v) is 6.96. The molecule has 1 aromatic rings. The van der Waals surface area contributed by atoms with Gasteiger partial charge in [-0.15, -0.1) is 0 Å². The van der Waals surface area contributed by atoms with Crippen molar-refractivity contribution in [3.63, 3.8) is 0 Å². The molecule has 0 unspecified atom stereocenters. The summed E-state index contributed by atoms with van der Waals surface area (Å²) in [5.41, 5.74) is 0.511. The zero-order chi connectivity index (χ0) is 13.9. The first kappa shape index (κ1) is 14.7. The van der Waals surface area contributed by atoms with Crippen molar-refractivity contribution in [2.45, 2.75) is 36.6 Å². The van der Waals surface area contributed by atoms with Crippen LogP contribution in [0.25, 0.3) is 0 Å². The minimum atomic E-state index is -3.47. The first-order valence-corrected chi connectivity index (χ1v) is 8.85. The summed E-state index contributed by atoms with van der Waals surface area (Å²) in [6, 6.07) is 6.11. The lowest BCUT2D eigenvalue weighted by Gasteiger charge is -2.12. The molecule has 4 nitrogen and oxygen atoms in total. The third kappa shape index (κ3) is 3.64. The van der Waals surface area contributed by atoms with Gasteiger partial charge >= 0.3 is 0 Å². The van der Waals surface area contributed by atoms with Gasteiger partial charge in [-0.25, -0.2) is 13.1 Å². The normalized spacial score (nSPS) is 16.7. The lowest BCUT2D eigenvalue weighted by Crippen LogP contribution is -2.32. The van der Waals surface area contributed by atoms with Crippen molar-refractivity contribution in [3.05, 3.63) is 29.8 Å². The van der Waals surface area contributed by atoms with Crippen LogP contribution < -0.4 is 4.72 Å². The highest BCUT2D eigenvalue weighted by Crippen LogP contribution is 2.20. The third-order valence-corrected chi connectivity index (χ3v) is 5.33. The van der Waals surface area contributed by atoms with E-state index in [9.17, 15) is 13.2 Å². The van der Waals surface area contributed by atoms with E-state index in [1.165, 1.54) is 12.1 Å². The molecule has 0 heterocycles. The Morgan fingerprint density at radius 2 is 1.79 bits per heavy atom. The summed E-state index contributed by atoms with van der Waals surface area (Å²) in [6.07, 6.45) is 3.95. The van der Waals surface area contributed by atoms with E-state index in [1.807, 2.05) is 0 Å². The van der Waals surface area contributed by atoms with Crippen LogP contribution in [0.3, 0.4) is 0 Å². The molecule has 1 aromatic carbocycles. The number of nitrogens with one attached hydrogen (secondary N) is 1. The summed E-state index contributed by atoms with van der Waals surface area (Å²) >= 11 is 3.09. The second-order valence-electron chi connectivity index (χ2n) is 4.68. The molecule has 2 rings (SSSR count). The molecule has 1 saturated carbocycles. The maximum Gasteiger partial charge on any atom is 0.240 e. The van der Waals surface area contributed by atoms with Gasteiger partial charge in [0.15, 0.2) is 5.78 Å². The molecule has 0 atom stereocenters. The number of ketones is 1. The van der Waals surface area contributed by atoms with E-state index < -0.39 is 10.0 Å². The third-order valence-electron chi connectivity index (χ3n) is 3.28. The van der Waals surface area contributed by atoms with E-state index >= 15 is 0 Å². The second kappa shape index (κ2) is 6.15. The fourth-order valence-electron chi connectivity index (χ4n) is 2.23. The Hall–Kier alpha value is -0.720. The minimum Gasteiger partial charge on any atom is -0.293 e. The predicted octanol–water partition coefficient (Wildman–Crippen LogP) is 2.49. The maximum atomic E-state index is 12.1. The van der Waals surface area contributed by atoms with Crippen molar-refractivity contribution < 1.29 is 13.2 Å². The van der Waals surface area contributed by atoms with Gasteiger partial charge in [0.05, 0.1) is 10.2 Å². The van der Waals surface area contributed by atoms with E-state index in [1.54, 1.807) is 12.1 Å². The average molecular weight is 346 g/mol. The van der Waals surface area contributed by atoms with Crippen LogP contribution in [0.2, 0.25) is 0 Å². The molecule has 0 amide bonds. The van der Waals surface area contributed by atoms with Crippen molar-refractivity contribution in [1.29, 1.82) is 0 Å². The Labute approximate surface area is 121 Å². The van der Waals surface area contributed by atoms with Crippen molar-refractivity contribution in [1.82, 2.24) is 4.72 Å². The molecular formula is C13H16BrNO3S. The largest absolute Gasteiger partial charge is 0.293 e. The summed E-state index contributed by atoms with van der Waals surface area (Å²) in [4.78, 5) is 11.7. The lowest BCUT2D eigenvalue weighted by atomic mass is 10.2. The van der Waals surface area contributed by atoms with Crippen molar-refractivity contribution >= 4 is 31.7 Å². The molecule has 0 radical (unpaired) electrons. The molecule has 0 aromatic heterocycles. The monoisotopic (exact) mass is 345 g/mol. The Bertz CT molecular complexity index is 548. The summed E-state index contributed by atoms with van der Waals surface area (Å²) in [7, 11) is -3.47. The average Bonchev–Trinajstić information content (AvgIpc) is 2.90.